The molecule has 1 saturated carbocycles. The summed E-state index contributed by atoms with van der Waals surface area (Å²) in [6.45, 7) is 5.03. The average Bonchev–Trinajstić information content (AvgIpc) is 2.72. The molecule has 1 aliphatic rings. The van der Waals surface area contributed by atoms with Gasteiger partial charge >= 0.3 is 5.97 Å². The third-order valence-corrected chi connectivity index (χ3v) is 4.78. The number of carbonyl (C=O) groups is 1. The van der Waals surface area contributed by atoms with Gasteiger partial charge in [0.1, 0.15) is 11.4 Å². The number of hydrogen-bond acceptors (Lipinski definition) is 2. The van der Waals surface area contributed by atoms with Crippen LogP contribution in [0.5, 0.6) is 0 Å². The van der Waals surface area contributed by atoms with Crippen molar-refractivity contribution in [2.24, 2.45) is 11.3 Å². The Morgan fingerprint density at radius 2 is 2.04 bits per heavy atom. The lowest BCUT2D eigenvalue weighted by Gasteiger charge is -2.29. The third-order valence-electron chi connectivity index (χ3n) is 4.78. The van der Waals surface area contributed by atoms with Gasteiger partial charge in [0.05, 0.1) is 0 Å². The van der Waals surface area contributed by atoms with Gasteiger partial charge in [0.15, 0.2) is 0 Å². The molecule has 1 aliphatic carbocycles. The second kappa shape index (κ2) is 5.21. The molecule has 0 radical (unpaired) electrons. The van der Waals surface area contributed by atoms with E-state index in [0.717, 1.165) is 4.68 Å². The van der Waals surface area contributed by atoms with Gasteiger partial charge in [-0.15, -0.1) is 0 Å². The summed E-state index contributed by atoms with van der Waals surface area (Å²) in [6.07, 6.45) is -0.722. The number of halogens is 4. The van der Waals surface area contributed by atoms with Crippen LogP contribution in [0.15, 0.2) is 0 Å². The highest BCUT2D eigenvalue weighted by Crippen LogP contribution is 2.52. The summed E-state index contributed by atoms with van der Waals surface area (Å²) >= 11 is 0. The Bertz CT molecular complexity index is 636. The summed E-state index contributed by atoms with van der Waals surface area (Å²) in [5.74, 6) is -7.91. The van der Waals surface area contributed by atoms with Crippen LogP contribution in [-0.2, 0) is 12.5 Å². The molecule has 1 heterocycles. The van der Waals surface area contributed by atoms with Gasteiger partial charge < -0.3 is 5.11 Å². The maximum Gasteiger partial charge on any atom is 0.354 e. The number of aromatic carboxylic acids is 1. The minimum atomic E-state index is -3.30. The molecule has 23 heavy (non-hydrogen) atoms. The molecule has 0 saturated heterocycles. The van der Waals surface area contributed by atoms with Crippen molar-refractivity contribution >= 4 is 5.97 Å². The van der Waals surface area contributed by atoms with Crippen molar-refractivity contribution in [1.82, 2.24) is 9.78 Å². The molecule has 8 heteroatoms. The van der Waals surface area contributed by atoms with Crippen LogP contribution in [-0.4, -0.2) is 26.8 Å². The van der Waals surface area contributed by atoms with Crippen LogP contribution >= 0.6 is 0 Å². The maximum atomic E-state index is 13.7. The van der Waals surface area contributed by atoms with Crippen molar-refractivity contribution in [2.75, 3.05) is 0 Å². The minimum Gasteiger partial charge on any atom is -0.477 e. The molecule has 130 valence electrons. The lowest BCUT2D eigenvalue weighted by molar-refractivity contribution is -0.00510. The highest BCUT2D eigenvalue weighted by Gasteiger charge is 2.52. The largest absolute Gasteiger partial charge is 0.477 e. The van der Waals surface area contributed by atoms with E-state index in [-0.39, 0.29) is 30.1 Å². The predicted octanol–water partition coefficient (Wildman–Crippen LogP) is 4.07. The first-order valence-electron chi connectivity index (χ1n) is 7.34. The van der Waals surface area contributed by atoms with Crippen molar-refractivity contribution in [1.29, 1.82) is 0 Å². The first kappa shape index (κ1) is 17.7. The van der Waals surface area contributed by atoms with Crippen LogP contribution in [0.3, 0.4) is 0 Å². The Kier molecular flexibility index (Phi) is 4.02. The second-order valence-electron chi connectivity index (χ2n) is 6.97. The Morgan fingerprint density at radius 1 is 1.48 bits per heavy atom. The first-order chi connectivity index (χ1) is 10.3. The SMILES string of the molecule is Cc1c(C(C)(F)F)nn(CC2(C)CC(F)(F)CC2C)c1C(=O)O. The van der Waals surface area contributed by atoms with Gasteiger partial charge in [0.25, 0.3) is 5.92 Å². The maximum absolute atomic E-state index is 13.7. The summed E-state index contributed by atoms with van der Waals surface area (Å²) in [4.78, 5) is 11.4. The summed E-state index contributed by atoms with van der Waals surface area (Å²) in [5, 5.41) is 13.0. The monoisotopic (exact) mass is 336 g/mol. The Balaban J connectivity index is 2.46. The Hall–Kier alpha value is -1.60. The van der Waals surface area contributed by atoms with E-state index in [9.17, 15) is 27.5 Å². The number of nitrogens with zero attached hydrogens (tertiary/aromatic N) is 2. The highest BCUT2D eigenvalue weighted by molar-refractivity contribution is 5.87. The van der Waals surface area contributed by atoms with Crippen molar-refractivity contribution < 1.29 is 27.5 Å². The van der Waals surface area contributed by atoms with E-state index in [1.165, 1.54) is 6.92 Å². The van der Waals surface area contributed by atoms with E-state index in [1.807, 2.05) is 0 Å². The van der Waals surface area contributed by atoms with Gasteiger partial charge in [-0.05, 0) is 18.3 Å². The molecular formula is C15H20F4N2O2. The molecular weight excluding hydrogens is 316 g/mol. The number of carboxylic acids is 1. The van der Waals surface area contributed by atoms with Crippen LogP contribution in [0, 0.1) is 18.3 Å². The van der Waals surface area contributed by atoms with Crippen LogP contribution in [0.1, 0.15) is 55.4 Å². The van der Waals surface area contributed by atoms with Crippen LogP contribution < -0.4 is 0 Å². The van der Waals surface area contributed by atoms with Crippen molar-refractivity contribution in [2.45, 2.75) is 58.9 Å². The molecule has 2 atom stereocenters. The zero-order valence-electron chi connectivity index (χ0n) is 13.5. The topological polar surface area (TPSA) is 55.1 Å². The molecule has 0 bridgehead atoms. The molecule has 0 spiro atoms. The van der Waals surface area contributed by atoms with Gasteiger partial charge in [0, 0.05) is 31.9 Å². The fourth-order valence-electron chi connectivity index (χ4n) is 3.44. The summed E-state index contributed by atoms with van der Waals surface area (Å²) in [6, 6.07) is 0. The van der Waals surface area contributed by atoms with E-state index in [0.29, 0.717) is 6.92 Å². The Labute approximate surface area is 131 Å². The molecule has 0 aliphatic heterocycles. The van der Waals surface area contributed by atoms with Crippen LogP contribution in [0.4, 0.5) is 17.6 Å². The van der Waals surface area contributed by atoms with Crippen molar-refractivity contribution in [3.05, 3.63) is 17.0 Å². The number of aromatic nitrogens is 2. The zero-order valence-corrected chi connectivity index (χ0v) is 13.5. The quantitative estimate of drug-likeness (QED) is 0.843. The molecule has 0 amide bonds. The zero-order chi connectivity index (χ0) is 17.8. The fraction of sp³-hybridized carbons (Fsp3) is 0.733. The fourth-order valence-corrected chi connectivity index (χ4v) is 3.44. The molecule has 2 unspecified atom stereocenters. The number of alkyl halides is 4. The molecule has 1 N–H and O–H groups in total. The van der Waals surface area contributed by atoms with E-state index in [1.54, 1.807) is 13.8 Å². The summed E-state index contributed by atoms with van der Waals surface area (Å²) in [7, 11) is 0. The normalized spacial score (nSPS) is 27.4. The first-order valence-corrected chi connectivity index (χ1v) is 7.34. The second-order valence-corrected chi connectivity index (χ2v) is 6.97. The van der Waals surface area contributed by atoms with Gasteiger partial charge in [0.2, 0.25) is 5.92 Å². The average molecular weight is 336 g/mol. The molecule has 0 aromatic carbocycles. The standard InChI is InChI=1S/C15H20F4N2O2/c1-8-5-15(18,19)6-13(8,3)7-21-10(12(22)23)9(2)11(20-21)14(4,16)17/h8H,5-7H2,1-4H3,(H,22,23). The highest BCUT2D eigenvalue weighted by atomic mass is 19.3. The smallest absolute Gasteiger partial charge is 0.354 e. The van der Waals surface area contributed by atoms with Gasteiger partial charge in [-0.3, -0.25) is 4.68 Å². The lowest BCUT2D eigenvalue weighted by atomic mass is 9.81. The van der Waals surface area contributed by atoms with Crippen LogP contribution in [0.25, 0.3) is 0 Å². The van der Waals surface area contributed by atoms with Gasteiger partial charge in [-0.25, -0.2) is 13.6 Å². The number of hydrogen-bond donors (Lipinski definition) is 1. The molecule has 4 nitrogen and oxygen atoms in total. The molecule has 1 aromatic heterocycles. The lowest BCUT2D eigenvalue weighted by Crippen LogP contribution is -2.29. The molecule has 1 fully saturated rings. The summed E-state index contributed by atoms with van der Waals surface area (Å²) in [5.41, 5.74) is -2.04. The van der Waals surface area contributed by atoms with Gasteiger partial charge in [-0.1, -0.05) is 13.8 Å². The molecule has 2 rings (SSSR count). The summed E-state index contributed by atoms with van der Waals surface area (Å²) < 4.78 is 55.5. The van der Waals surface area contributed by atoms with E-state index in [4.69, 9.17) is 0 Å². The number of rotatable bonds is 4. The van der Waals surface area contributed by atoms with E-state index in [2.05, 4.69) is 5.10 Å². The van der Waals surface area contributed by atoms with Gasteiger partial charge in [-0.2, -0.15) is 13.9 Å². The molecule has 1 aromatic rings. The van der Waals surface area contributed by atoms with Crippen LogP contribution in [0.2, 0.25) is 0 Å². The van der Waals surface area contributed by atoms with E-state index < -0.39 is 35.3 Å². The third kappa shape index (κ3) is 3.21. The van der Waals surface area contributed by atoms with Crippen molar-refractivity contribution in [3.8, 4) is 0 Å². The minimum absolute atomic E-state index is 0.133. The Morgan fingerprint density at radius 3 is 2.43 bits per heavy atom. The number of carboxylic acid groups (broad SMARTS) is 1. The van der Waals surface area contributed by atoms with Crippen molar-refractivity contribution in [3.63, 3.8) is 0 Å². The predicted molar refractivity (Wildman–Crippen MR) is 74.9 cm³/mol. The van der Waals surface area contributed by atoms with E-state index >= 15 is 0 Å².